The molecule has 0 unspecified atom stereocenters. The summed E-state index contributed by atoms with van der Waals surface area (Å²) in [7, 11) is 1.82. The van der Waals surface area contributed by atoms with E-state index in [-0.39, 0.29) is 12.5 Å². The Hall–Kier alpha value is -2.05. The van der Waals surface area contributed by atoms with Crippen LogP contribution in [0.4, 0.5) is 4.79 Å². The molecule has 2 amide bonds. The molecule has 0 aliphatic heterocycles. The molecule has 0 saturated carbocycles. The SMILES string of the molecule is Cc1nn(C)cc1CNC(=O)NCCCC(=O)O. The van der Waals surface area contributed by atoms with Crippen molar-refractivity contribution < 1.29 is 14.7 Å². The van der Waals surface area contributed by atoms with Gasteiger partial charge in [-0.2, -0.15) is 5.10 Å². The van der Waals surface area contributed by atoms with Gasteiger partial charge in [-0.1, -0.05) is 0 Å². The van der Waals surface area contributed by atoms with Crippen molar-refractivity contribution in [2.75, 3.05) is 6.54 Å². The van der Waals surface area contributed by atoms with E-state index >= 15 is 0 Å². The second kappa shape index (κ2) is 6.63. The van der Waals surface area contributed by atoms with Crippen molar-refractivity contribution >= 4 is 12.0 Å². The number of carbonyl (C=O) groups is 2. The summed E-state index contributed by atoms with van der Waals surface area (Å²) in [4.78, 5) is 21.6. The Morgan fingerprint density at radius 1 is 1.44 bits per heavy atom. The normalized spacial score (nSPS) is 10.1. The molecule has 0 bridgehead atoms. The van der Waals surface area contributed by atoms with Gasteiger partial charge in [0, 0.05) is 38.3 Å². The molecule has 0 aromatic carbocycles. The largest absolute Gasteiger partial charge is 0.481 e. The molecule has 0 spiro atoms. The summed E-state index contributed by atoms with van der Waals surface area (Å²) in [6.45, 7) is 2.64. The molecule has 1 rings (SSSR count). The van der Waals surface area contributed by atoms with Gasteiger partial charge in [0.1, 0.15) is 0 Å². The molecule has 1 aromatic heterocycles. The van der Waals surface area contributed by atoms with Crippen LogP contribution in [0.2, 0.25) is 0 Å². The van der Waals surface area contributed by atoms with Crippen molar-refractivity contribution in [2.24, 2.45) is 7.05 Å². The molecule has 7 nitrogen and oxygen atoms in total. The predicted molar refractivity (Wildman–Crippen MR) is 65.1 cm³/mol. The van der Waals surface area contributed by atoms with Gasteiger partial charge < -0.3 is 15.7 Å². The van der Waals surface area contributed by atoms with Crippen LogP contribution in [-0.2, 0) is 18.4 Å². The zero-order valence-electron chi connectivity index (χ0n) is 10.6. The Balaban J connectivity index is 2.21. The fraction of sp³-hybridized carbons (Fsp3) is 0.545. The highest BCUT2D eigenvalue weighted by Gasteiger charge is 2.05. The van der Waals surface area contributed by atoms with Crippen molar-refractivity contribution in [1.82, 2.24) is 20.4 Å². The smallest absolute Gasteiger partial charge is 0.315 e. The number of carboxylic acids is 1. The Kier molecular flexibility index (Phi) is 5.16. The van der Waals surface area contributed by atoms with Gasteiger partial charge in [-0.05, 0) is 13.3 Å². The van der Waals surface area contributed by atoms with Gasteiger partial charge in [0.2, 0.25) is 0 Å². The van der Waals surface area contributed by atoms with Crippen LogP contribution < -0.4 is 10.6 Å². The first-order valence-corrected chi connectivity index (χ1v) is 5.71. The van der Waals surface area contributed by atoms with Crippen molar-refractivity contribution in [2.45, 2.75) is 26.3 Å². The minimum atomic E-state index is -0.858. The summed E-state index contributed by atoms with van der Waals surface area (Å²) in [6.07, 6.45) is 2.33. The van der Waals surface area contributed by atoms with Crippen LogP contribution in [0.3, 0.4) is 0 Å². The van der Waals surface area contributed by atoms with Gasteiger partial charge >= 0.3 is 12.0 Å². The number of aryl methyl sites for hydroxylation is 2. The lowest BCUT2D eigenvalue weighted by molar-refractivity contribution is -0.137. The van der Waals surface area contributed by atoms with E-state index in [2.05, 4.69) is 15.7 Å². The third-order valence-electron chi connectivity index (χ3n) is 2.41. The number of nitrogens with one attached hydrogen (secondary N) is 2. The average molecular weight is 254 g/mol. The topological polar surface area (TPSA) is 96.3 Å². The molecule has 100 valence electrons. The number of rotatable bonds is 6. The van der Waals surface area contributed by atoms with E-state index < -0.39 is 5.97 Å². The molecule has 0 radical (unpaired) electrons. The van der Waals surface area contributed by atoms with Crippen LogP contribution in [0, 0.1) is 6.92 Å². The second-order valence-corrected chi connectivity index (χ2v) is 4.02. The number of nitrogens with zero attached hydrogens (tertiary/aromatic N) is 2. The van der Waals surface area contributed by atoms with E-state index in [1.807, 2.05) is 20.2 Å². The molecule has 7 heteroatoms. The first-order chi connectivity index (χ1) is 8.49. The van der Waals surface area contributed by atoms with E-state index in [4.69, 9.17) is 5.11 Å². The molecule has 0 fully saturated rings. The van der Waals surface area contributed by atoms with Crippen LogP contribution in [0.15, 0.2) is 6.20 Å². The first-order valence-electron chi connectivity index (χ1n) is 5.71. The second-order valence-electron chi connectivity index (χ2n) is 4.02. The molecule has 0 atom stereocenters. The Morgan fingerprint density at radius 3 is 2.72 bits per heavy atom. The van der Waals surface area contributed by atoms with E-state index in [9.17, 15) is 9.59 Å². The summed E-state index contributed by atoms with van der Waals surface area (Å²) < 4.78 is 1.69. The summed E-state index contributed by atoms with van der Waals surface area (Å²) >= 11 is 0. The maximum Gasteiger partial charge on any atom is 0.315 e. The minimum Gasteiger partial charge on any atom is -0.481 e. The number of amides is 2. The molecule has 0 saturated heterocycles. The highest BCUT2D eigenvalue weighted by atomic mass is 16.4. The predicted octanol–water partition coefficient (Wildman–Crippen LogP) is 0.393. The number of hydrogen-bond donors (Lipinski definition) is 3. The van der Waals surface area contributed by atoms with Crippen molar-refractivity contribution in [3.8, 4) is 0 Å². The number of aliphatic carboxylic acids is 1. The van der Waals surface area contributed by atoms with E-state index in [0.717, 1.165) is 11.3 Å². The molecular formula is C11H18N4O3. The van der Waals surface area contributed by atoms with Crippen LogP contribution in [0.25, 0.3) is 0 Å². The molecule has 18 heavy (non-hydrogen) atoms. The van der Waals surface area contributed by atoms with E-state index in [0.29, 0.717) is 19.5 Å². The van der Waals surface area contributed by atoms with Gasteiger partial charge in [-0.25, -0.2) is 4.79 Å². The highest BCUT2D eigenvalue weighted by molar-refractivity contribution is 5.73. The molecular weight excluding hydrogens is 236 g/mol. The molecule has 1 aromatic rings. The summed E-state index contributed by atoms with van der Waals surface area (Å²) in [5, 5.41) is 17.9. The number of carboxylic acid groups (broad SMARTS) is 1. The third-order valence-corrected chi connectivity index (χ3v) is 2.41. The Bertz CT molecular complexity index is 428. The Morgan fingerprint density at radius 2 is 2.17 bits per heavy atom. The lowest BCUT2D eigenvalue weighted by atomic mass is 10.3. The van der Waals surface area contributed by atoms with Gasteiger partial charge in [0.05, 0.1) is 5.69 Å². The molecule has 3 N–H and O–H groups in total. The van der Waals surface area contributed by atoms with E-state index in [1.165, 1.54) is 0 Å². The summed E-state index contributed by atoms with van der Waals surface area (Å²) in [5.41, 5.74) is 1.84. The van der Waals surface area contributed by atoms with Crippen molar-refractivity contribution in [1.29, 1.82) is 0 Å². The molecule has 0 aliphatic carbocycles. The van der Waals surface area contributed by atoms with Gasteiger partial charge in [-0.15, -0.1) is 0 Å². The van der Waals surface area contributed by atoms with Crippen molar-refractivity contribution in [3.63, 3.8) is 0 Å². The van der Waals surface area contributed by atoms with Crippen LogP contribution in [0.5, 0.6) is 0 Å². The average Bonchev–Trinajstić information content (AvgIpc) is 2.60. The van der Waals surface area contributed by atoms with Crippen LogP contribution in [0.1, 0.15) is 24.1 Å². The number of urea groups is 1. The zero-order valence-corrected chi connectivity index (χ0v) is 10.6. The quantitative estimate of drug-likeness (QED) is 0.640. The molecule has 0 aliphatic rings. The van der Waals surface area contributed by atoms with Gasteiger partial charge in [0.15, 0.2) is 0 Å². The maximum absolute atomic E-state index is 11.4. The standard InChI is InChI=1S/C11H18N4O3/c1-8-9(7-15(2)14-8)6-13-11(18)12-5-3-4-10(16)17/h7H,3-6H2,1-2H3,(H,16,17)(H2,12,13,18). The third kappa shape index (κ3) is 4.86. The molecule has 1 heterocycles. The summed E-state index contributed by atoms with van der Waals surface area (Å²) in [6, 6.07) is -0.302. The fourth-order valence-electron chi connectivity index (χ4n) is 1.50. The monoisotopic (exact) mass is 254 g/mol. The zero-order chi connectivity index (χ0) is 13.5. The minimum absolute atomic E-state index is 0.0575. The summed E-state index contributed by atoms with van der Waals surface area (Å²) in [5.74, 6) is -0.858. The number of aromatic nitrogens is 2. The fourth-order valence-corrected chi connectivity index (χ4v) is 1.50. The van der Waals surface area contributed by atoms with Gasteiger partial charge in [0.25, 0.3) is 0 Å². The van der Waals surface area contributed by atoms with Crippen molar-refractivity contribution in [3.05, 3.63) is 17.5 Å². The Labute approximate surface area is 105 Å². The lowest BCUT2D eigenvalue weighted by Gasteiger charge is -2.06. The highest BCUT2D eigenvalue weighted by Crippen LogP contribution is 2.03. The van der Waals surface area contributed by atoms with E-state index in [1.54, 1.807) is 4.68 Å². The van der Waals surface area contributed by atoms with Crippen LogP contribution in [-0.4, -0.2) is 33.4 Å². The number of hydrogen-bond acceptors (Lipinski definition) is 3. The maximum atomic E-state index is 11.4. The first kappa shape index (κ1) is 14.0. The lowest BCUT2D eigenvalue weighted by Crippen LogP contribution is -2.35. The number of carbonyl (C=O) groups excluding carboxylic acids is 1. The van der Waals surface area contributed by atoms with Crippen LogP contribution >= 0.6 is 0 Å². The van der Waals surface area contributed by atoms with Gasteiger partial charge in [-0.3, -0.25) is 9.48 Å².